The summed E-state index contributed by atoms with van der Waals surface area (Å²) in [6.07, 6.45) is 1.74. The minimum atomic E-state index is -0.959. The van der Waals surface area contributed by atoms with Crippen LogP contribution in [-0.2, 0) is 12.0 Å². The van der Waals surface area contributed by atoms with Crippen molar-refractivity contribution in [2.24, 2.45) is 0 Å². The lowest BCUT2D eigenvalue weighted by atomic mass is 9.96. The second-order valence-corrected chi connectivity index (χ2v) is 7.87. The second kappa shape index (κ2) is 7.35. The molecule has 0 spiro atoms. The third-order valence-electron chi connectivity index (χ3n) is 4.94. The van der Waals surface area contributed by atoms with Crippen molar-refractivity contribution in [3.8, 4) is 11.3 Å². The smallest absolute Gasteiger partial charge is 0.247 e. The van der Waals surface area contributed by atoms with E-state index in [4.69, 9.17) is 0 Å². The molecule has 1 aromatic carbocycles. The summed E-state index contributed by atoms with van der Waals surface area (Å²) >= 11 is 0. The molecule has 0 fully saturated rings. The van der Waals surface area contributed by atoms with Crippen LogP contribution in [-0.4, -0.2) is 30.5 Å². The Kier molecular flexibility index (Phi) is 4.83. The average molecular weight is 402 g/mol. The Balaban J connectivity index is 1.70. The van der Waals surface area contributed by atoms with Crippen LogP contribution in [0.1, 0.15) is 41.2 Å². The molecule has 152 valence electrons. The Bertz CT molecular complexity index is 1270. The number of carbonyl (C=O) groups is 1. The molecular weight excluding hydrogens is 380 g/mol. The first-order valence-electron chi connectivity index (χ1n) is 9.62. The first-order chi connectivity index (χ1) is 14.2. The molecule has 0 amide bonds. The number of benzene rings is 1. The fourth-order valence-electron chi connectivity index (χ4n) is 3.34. The number of H-pyrrole nitrogens is 1. The van der Waals surface area contributed by atoms with Gasteiger partial charge < -0.3 is 10.1 Å². The van der Waals surface area contributed by atoms with E-state index in [-0.39, 0.29) is 17.8 Å². The zero-order chi connectivity index (χ0) is 21.5. The molecule has 0 saturated heterocycles. The number of pyridine rings is 1. The minimum absolute atomic E-state index is 0.0715. The maximum Gasteiger partial charge on any atom is 0.247 e. The Morgan fingerprint density at radius 3 is 2.50 bits per heavy atom. The number of carbonyl (C=O) groups excluding carboxylic acids is 1. The molecule has 0 unspecified atom stereocenters. The molecule has 4 rings (SSSR count). The number of nitrogens with one attached hydrogen (secondary N) is 1. The van der Waals surface area contributed by atoms with E-state index in [2.05, 4.69) is 15.1 Å². The molecule has 0 radical (unpaired) electrons. The number of rotatable bonds is 5. The van der Waals surface area contributed by atoms with Crippen molar-refractivity contribution >= 4 is 11.4 Å². The highest BCUT2D eigenvalue weighted by Crippen LogP contribution is 2.23. The molecule has 4 aromatic rings. The number of aromatic nitrogens is 4. The van der Waals surface area contributed by atoms with Crippen LogP contribution in [0.25, 0.3) is 16.9 Å². The fraction of sp³-hybridized carbons (Fsp3) is 0.217. The van der Waals surface area contributed by atoms with Crippen LogP contribution in [0.15, 0.2) is 59.5 Å². The van der Waals surface area contributed by atoms with E-state index in [1.807, 2.05) is 19.1 Å². The minimum Gasteiger partial charge on any atom is -0.386 e. The van der Waals surface area contributed by atoms with Gasteiger partial charge in [-0.3, -0.25) is 9.59 Å². The topological polar surface area (TPSA) is 100 Å². The Morgan fingerprint density at radius 2 is 1.87 bits per heavy atom. The standard InChI is InChI=1S/C23H22N4O3/c1-14-10-21-25-18(11-19(27(21)26-14)16-6-9-22(29)24-13-16)12-20(28)15-4-7-17(8-5-15)23(2,3)30/h4-11,13,30H,12H2,1-3H3,(H,24,29). The number of hydrogen-bond donors (Lipinski definition) is 2. The summed E-state index contributed by atoms with van der Waals surface area (Å²) in [5.41, 5.74) is 3.71. The van der Waals surface area contributed by atoms with E-state index in [1.165, 1.54) is 6.07 Å². The molecule has 7 heteroatoms. The highest BCUT2D eigenvalue weighted by atomic mass is 16.3. The SMILES string of the molecule is Cc1cc2nc(CC(=O)c3ccc(C(C)(C)O)cc3)cc(-c3ccc(=O)[nH]c3)n2n1. The lowest BCUT2D eigenvalue weighted by Crippen LogP contribution is -2.15. The van der Waals surface area contributed by atoms with Crippen molar-refractivity contribution < 1.29 is 9.90 Å². The molecule has 0 aliphatic rings. The highest BCUT2D eigenvalue weighted by Gasteiger charge is 2.17. The van der Waals surface area contributed by atoms with Crippen molar-refractivity contribution in [3.05, 3.63) is 87.6 Å². The van der Waals surface area contributed by atoms with Gasteiger partial charge >= 0.3 is 0 Å². The normalized spacial score (nSPS) is 11.7. The van der Waals surface area contributed by atoms with Gasteiger partial charge in [-0.15, -0.1) is 0 Å². The Morgan fingerprint density at radius 1 is 1.13 bits per heavy atom. The van der Waals surface area contributed by atoms with Crippen LogP contribution in [0, 0.1) is 6.92 Å². The first-order valence-corrected chi connectivity index (χ1v) is 9.62. The summed E-state index contributed by atoms with van der Waals surface area (Å²) in [5.74, 6) is -0.0715. The number of aryl methyl sites for hydroxylation is 1. The van der Waals surface area contributed by atoms with Crippen molar-refractivity contribution in [2.45, 2.75) is 32.8 Å². The predicted molar refractivity (Wildman–Crippen MR) is 114 cm³/mol. The number of aliphatic hydroxyl groups is 1. The maximum atomic E-state index is 12.8. The van der Waals surface area contributed by atoms with E-state index in [9.17, 15) is 14.7 Å². The van der Waals surface area contributed by atoms with Gasteiger partial charge in [-0.25, -0.2) is 9.50 Å². The van der Waals surface area contributed by atoms with Crippen molar-refractivity contribution in [1.29, 1.82) is 0 Å². The zero-order valence-electron chi connectivity index (χ0n) is 17.0. The van der Waals surface area contributed by atoms with E-state index in [0.717, 1.165) is 22.5 Å². The third kappa shape index (κ3) is 3.92. The fourth-order valence-corrected chi connectivity index (χ4v) is 3.34. The largest absolute Gasteiger partial charge is 0.386 e. The Labute approximate surface area is 173 Å². The lowest BCUT2D eigenvalue weighted by molar-refractivity contribution is 0.0784. The molecule has 0 aliphatic carbocycles. The van der Waals surface area contributed by atoms with Gasteiger partial charge in [0.1, 0.15) is 0 Å². The van der Waals surface area contributed by atoms with Gasteiger partial charge in [0.2, 0.25) is 5.56 Å². The van der Waals surface area contributed by atoms with Gasteiger partial charge in [0, 0.05) is 29.5 Å². The molecule has 7 nitrogen and oxygen atoms in total. The van der Waals surface area contributed by atoms with Gasteiger partial charge in [0.15, 0.2) is 11.4 Å². The molecule has 0 saturated carbocycles. The number of hydrogen-bond acceptors (Lipinski definition) is 5. The van der Waals surface area contributed by atoms with Gasteiger partial charge in [-0.2, -0.15) is 5.10 Å². The van der Waals surface area contributed by atoms with Gasteiger partial charge in [-0.05, 0) is 38.5 Å². The quantitative estimate of drug-likeness (QED) is 0.500. The zero-order valence-corrected chi connectivity index (χ0v) is 17.0. The molecule has 30 heavy (non-hydrogen) atoms. The molecule has 3 heterocycles. The van der Waals surface area contributed by atoms with E-state index >= 15 is 0 Å². The summed E-state index contributed by atoms with van der Waals surface area (Å²) in [7, 11) is 0. The summed E-state index contributed by atoms with van der Waals surface area (Å²) in [6, 6.07) is 13.8. The molecule has 3 aromatic heterocycles. The summed E-state index contributed by atoms with van der Waals surface area (Å²) in [5, 5.41) is 14.6. The van der Waals surface area contributed by atoms with E-state index < -0.39 is 5.60 Å². The Hall–Kier alpha value is -3.58. The number of Topliss-reactive ketones (excluding diaryl/α,β-unsaturated/α-hetero) is 1. The van der Waals surface area contributed by atoms with Gasteiger partial charge in [0.25, 0.3) is 0 Å². The third-order valence-corrected chi connectivity index (χ3v) is 4.94. The van der Waals surface area contributed by atoms with Crippen LogP contribution >= 0.6 is 0 Å². The number of aromatic amines is 1. The number of ketones is 1. The van der Waals surface area contributed by atoms with Gasteiger partial charge in [-0.1, -0.05) is 24.3 Å². The van der Waals surface area contributed by atoms with E-state index in [1.54, 1.807) is 54.9 Å². The lowest BCUT2D eigenvalue weighted by Gasteiger charge is -2.17. The average Bonchev–Trinajstić information content (AvgIpc) is 3.07. The van der Waals surface area contributed by atoms with Crippen LogP contribution in [0.2, 0.25) is 0 Å². The van der Waals surface area contributed by atoms with Crippen molar-refractivity contribution in [2.75, 3.05) is 0 Å². The summed E-state index contributed by atoms with van der Waals surface area (Å²) in [6.45, 7) is 5.28. The highest BCUT2D eigenvalue weighted by molar-refractivity contribution is 5.97. The summed E-state index contributed by atoms with van der Waals surface area (Å²) in [4.78, 5) is 31.5. The second-order valence-electron chi connectivity index (χ2n) is 7.87. The molecule has 0 aliphatic heterocycles. The van der Waals surface area contributed by atoms with Crippen molar-refractivity contribution in [3.63, 3.8) is 0 Å². The molecule has 0 atom stereocenters. The molecule has 0 bridgehead atoms. The van der Waals surface area contributed by atoms with Crippen molar-refractivity contribution in [1.82, 2.24) is 19.6 Å². The van der Waals surface area contributed by atoms with E-state index in [0.29, 0.717) is 16.9 Å². The summed E-state index contributed by atoms with van der Waals surface area (Å²) < 4.78 is 1.70. The monoisotopic (exact) mass is 402 g/mol. The van der Waals surface area contributed by atoms with Crippen LogP contribution in [0.5, 0.6) is 0 Å². The predicted octanol–water partition coefficient (Wildman–Crippen LogP) is 3.05. The van der Waals surface area contributed by atoms with Crippen LogP contribution in [0.3, 0.4) is 0 Å². The van der Waals surface area contributed by atoms with Gasteiger partial charge in [0.05, 0.1) is 29.1 Å². The number of fused-ring (bicyclic) bond motifs is 1. The van der Waals surface area contributed by atoms with Crippen LogP contribution in [0.4, 0.5) is 0 Å². The first kappa shape index (κ1) is 19.7. The molecular formula is C23H22N4O3. The number of nitrogens with zero attached hydrogens (tertiary/aromatic N) is 3. The van der Waals surface area contributed by atoms with Crippen LogP contribution < -0.4 is 5.56 Å². The molecule has 2 N–H and O–H groups in total. The maximum absolute atomic E-state index is 12.8.